The van der Waals surface area contributed by atoms with Gasteiger partial charge < -0.3 is 4.42 Å². The van der Waals surface area contributed by atoms with Crippen LogP contribution in [0.4, 0.5) is 0 Å². The number of hydrogen-bond acceptors (Lipinski definition) is 2. The fraction of sp³-hybridized carbons (Fsp3) is 0. The van der Waals surface area contributed by atoms with Crippen molar-refractivity contribution in [1.82, 2.24) is 4.98 Å². The summed E-state index contributed by atoms with van der Waals surface area (Å²) in [4.78, 5) is 3.96. The highest BCUT2D eigenvalue weighted by atomic mass is 35.5. The van der Waals surface area contributed by atoms with Crippen LogP contribution in [-0.2, 0) is 0 Å². The van der Waals surface area contributed by atoms with Crippen LogP contribution in [0, 0.1) is 0 Å². The number of para-hydroxylation sites is 1. The lowest BCUT2D eigenvalue weighted by Gasteiger charge is -1.97. The molecule has 0 fully saturated rings. The second kappa shape index (κ2) is 3.52. The number of halogens is 3. The first-order valence-electron chi connectivity index (χ1n) is 4.50. The first kappa shape index (κ1) is 10.2. The molecule has 2 nitrogen and oxygen atoms in total. The summed E-state index contributed by atoms with van der Waals surface area (Å²) >= 11 is 17.9. The predicted octanol–water partition coefficient (Wildman–Crippen LogP) is 4.94. The summed E-state index contributed by atoms with van der Waals surface area (Å²) in [5, 5.41) is 2.32. The second-order valence-corrected chi connectivity index (χ2v) is 4.40. The van der Waals surface area contributed by atoms with Gasteiger partial charge in [0.25, 0.3) is 0 Å². The van der Waals surface area contributed by atoms with Gasteiger partial charge in [-0.05, 0) is 6.07 Å². The molecule has 16 heavy (non-hydrogen) atoms. The quantitative estimate of drug-likeness (QED) is 0.542. The van der Waals surface area contributed by atoms with Gasteiger partial charge in [0.15, 0.2) is 10.7 Å². The highest BCUT2D eigenvalue weighted by Gasteiger charge is 2.16. The lowest BCUT2D eigenvalue weighted by molar-refractivity contribution is 0.668. The third-order valence-electron chi connectivity index (χ3n) is 2.38. The Kier molecular flexibility index (Phi) is 2.25. The first-order chi connectivity index (χ1) is 7.68. The molecule has 0 spiro atoms. The van der Waals surface area contributed by atoms with Gasteiger partial charge in [-0.1, -0.05) is 53.0 Å². The van der Waals surface area contributed by atoms with Crippen LogP contribution in [0.15, 0.2) is 28.7 Å². The van der Waals surface area contributed by atoms with E-state index in [0.29, 0.717) is 21.7 Å². The number of furan rings is 1. The van der Waals surface area contributed by atoms with Crippen LogP contribution in [-0.4, -0.2) is 4.98 Å². The zero-order chi connectivity index (χ0) is 11.3. The van der Waals surface area contributed by atoms with Crippen molar-refractivity contribution in [3.8, 4) is 0 Å². The molecule has 0 aliphatic carbocycles. The number of rotatable bonds is 0. The molecule has 0 saturated heterocycles. The van der Waals surface area contributed by atoms with Crippen LogP contribution in [0.3, 0.4) is 0 Å². The maximum atomic E-state index is 6.04. The number of pyridine rings is 1. The smallest absolute Gasteiger partial charge is 0.160 e. The number of aromatic nitrogens is 1. The lowest BCUT2D eigenvalue weighted by Crippen LogP contribution is -1.80. The van der Waals surface area contributed by atoms with E-state index in [9.17, 15) is 0 Å². The molecular weight excluding hydrogens is 268 g/mol. The van der Waals surface area contributed by atoms with Gasteiger partial charge in [0, 0.05) is 5.39 Å². The molecule has 0 aliphatic rings. The minimum atomic E-state index is 0.151. The number of hydrogen-bond donors (Lipinski definition) is 0. The van der Waals surface area contributed by atoms with Gasteiger partial charge in [-0.15, -0.1) is 0 Å². The Morgan fingerprint density at radius 3 is 2.56 bits per heavy atom. The average molecular weight is 273 g/mol. The Morgan fingerprint density at radius 1 is 1.00 bits per heavy atom. The molecule has 2 heterocycles. The number of nitrogens with zero attached hydrogens (tertiary/aromatic N) is 1. The predicted molar refractivity (Wildman–Crippen MR) is 66.5 cm³/mol. The first-order valence-corrected chi connectivity index (χ1v) is 5.63. The fourth-order valence-corrected chi connectivity index (χ4v) is 2.35. The highest BCUT2D eigenvalue weighted by Crippen LogP contribution is 2.39. The standard InChI is InChI=1S/C11H4Cl3NO/c12-8-9-7(10(13)15-11(8)14)5-3-1-2-4-6(5)16-9/h1-4H. The second-order valence-electron chi connectivity index (χ2n) is 3.31. The molecular formula is C11H4Cl3NO. The van der Waals surface area contributed by atoms with Crippen molar-refractivity contribution in [2.45, 2.75) is 0 Å². The summed E-state index contributed by atoms with van der Waals surface area (Å²) in [7, 11) is 0. The van der Waals surface area contributed by atoms with E-state index in [-0.39, 0.29) is 10.2 Å². The van der Waals surface area contributed by atoms with Crippen LogP contribution < -0.4 is 0 Å². The molecule has 1 aromatic carbocycles. The molecule has 0 unspecified atom stereocenters. The Labute approximate surface area is 106 Å². The van der Waals surface area contributed by atoms with E-state index < -0.39 is 0 Å². The highest BCUT2D eigenvalue weighted by molar-refractivity contribution is 6.47. The summed E-state index contributed by atoms with van der Waals surface area (Å²) in [6.45, 7) is 0. The van der Waals surface area contributed by atoms with E-state index in [1.807, 2.05) is 24.3 Å². The van der Waals surface area contributed by atoms with E-state index >= 15 is 0 Å². The van der Waals surface area contributed by atoms with Crippen molar-refractivity contribution in [2.24, 2.45) is 0 Å². The maximum absolute atomic E-state index is 6.04. The number of benzene rings is 1. The normalized spacial score (nSPS) is 11.4. The minimum absolute atomic E-state index is 0.151. The van der Waals surface area contributed by atoms with E-state index in [2.05, 4.69) is 4.98 Å². The Bertz CT molecular complexity index is 705. The van der Waals surface area contributed by atoms with Gasteiger partial charge in [-0.25, -0.2) is 4.98 Å². The van der Waals surface area contributed by atoms with Gasteiger partial charge in [0.2, 0.25) is 0 Å². The summed E-state index contributed by atoms with van der Waals surface area (Å²) in [6, 6.07) is 7.52. The number of fused-ring (bicyclic) bond motifs is 3. The van der Waals surface area contributed by atoms with Gasteiger partial charge in [-0.2, -0.15) is 0 Å². The SMILES string of the molecule is Clc1nc(Cl)c2c(oc3ccccc32)c1Cl. The summed E-state index contributed by atoms with van der Waals surface area (Å²) in [5.41, 5.74) is 1.19. The van der Waals surface area contributed by atoms with Crippen LogP contribution in [0.25, 0.3) is 21.9 Å². The Morgan fingerprint density at radius 2 is 1.75 bits per heavy atom. The molecule has 2 aromatic heterocycles. The minimum Gasteiger partial charge on any atom is -0.454 e. The summed E-state index contributed by atoms with van der Waals surface area (Å²) in [6.07, 6.45) is 0. The summed E-state index contributed by atoms with van der Waals surface area (Å²) < 4.78 is 5.60. The molecule has 3 rings (SSSR count). The Balaban J connectivity index is 2.64. The zero-order valence-corrected chi connectivity index (χ0v) is 10.1. The van der Waals surface area contributed by atoms with Crippen molar-refractivity contribution in [2.75, 3.05) is 0 Å². The van der Waals surface area contributed by atoms with E-state index in [1.54, 1.807) is 0 Å². The largest absolute Gasteiger partial charge is 0.454 e. The molecule has 3 aromatic rings. The molecule has 0 radical (unpaired) electrons. The van der Waals surface area contributed by atoms with Crippen molar-refractivity contribution in [3.63, 3.8) is 0 Å². The summed E-state index contributed by atoms with van der Waals surface area (Å²) in [5.74, 6) is 0. The van der Waals surface area contributed by atoms with Crippen molar-refractivity contribution >= 4 is 56.7 Å². The molecule has 5 heteroatoms. The molecule has 0 saturated carbocycles. The molecule has 0 atom stereocenters. The monoisotopic (exact) mass is 271 g/mol. The van der Waals surface area contributed by atoms with Crippen molar-refractivity contribution in [1.29, 1.82) is 0 Å². The Hall–Kier alpha value is -0.960. The third kappa shape index (κ3) is 1.31. The van der Waals surface area contributed by atoms with Gasteiger partial charge in [0.05, 0.1) is 5.39 Å². The van der Waals surface area contributed by atoms with E-state index in [0.717, 1.165) is 5.39 Å². The van der Waals surface area contributed by atoms with Crippen LogP contribution in [0.1, 0.15) is 0 Å². The average Bonchev–Trinajstić information content (AvgIpc) is 2.65. The third-order valence-corrected chi connectivity index (χ3v) is 3.37. The van der Waals surface area contributed by atoms with E-state index in [4.69, 9.17) is 39.2 Å². The topological polar surface area (TPSA) is 26.0 Å². The molecule has 0 amide bonds. The molecule has 80 valence electrons. The van der Waals surface area contributed by atoms with Crippen molar-refractivity contribution in [3.05, 3.63) is 39.6 Å². The van der Waals surface area contributed by atoms with Crippen LogP contribution in [0.5, 0.6) is 0 Å². The van der Waals surface area contributed by atoms with Crippen LogP contribution in [0.2, 0.25) is 15.3 Å². The molecule has 0 aliphatic heterocycles. The zero-order valence-electron chi connectivity index (χ0n) is 7.80. The molecule has 0 N–H and O–H groups in total. The van der Waals surface area contributed by atoms with Gasteiger partial charge in [-0.3, -0.25) is 0 Å². The van der Waals surface area contributed by atoms with E-state index in [1.165, 1.54) is 0 Å². The van der Waals surface area contributed by atoms with Crippen LogP contribution >= 0.6 is 34.8 Å². The van der Waals surface area contributed by atoms with Gasteiger partial charge >= 0.3 is 0 Å². The van der Waals surface area contributed by atoms with Gasteiger partial charge in [0.1, 0.15) is 15.8 Å². The molecule has 0 bridgehead atoms. The van der Waals surface area contributed by atoms with Crippen molar-refractivity contribution < 1.29 is 4.42 Å². The fourth-order valence-electron chi connectivity index (χ4n) is 1.69. The maximum Gasteiger partial charge on any atom is 0.160 e. The lowest BCUT2D eigenvalue weighted by atomic mass is 10.2.